The second-order valence-electron chi connectivity index (χ2n) is 5.94. The Balaban J connectivity index is 1.75. The topological polar surface area (TPSA) is 67.6 Å². The van der Waals surface area contributed by atoms with Gasteiger partial charge >= 0.3 is 0 Å². The number of halogens is 1. The fourth-order valence-corrected chi connectivity index (χ4v) is 4.56. The summed E-state index contributed by atoms with van der Waals surface area (Å²) in [6, 6.07) is 10.5. The first-order valence-corrected chi connectivity index (χ1v) is 9.89. The third-order valence-electron chi connectivity index (χ3n) is 4.35. The number of rotatable bonds is 3. The maximum atomic E-state index is 12.6. The summed E-state index contributed by atoms with van der Waals surface area (Å²) in [6.45, 7) is 0. The SMILES string of the molecule is CN(C(=O)c1ccc(-c2ccccc2Cl)o1)C1CCS(=O)(=O)CC1. The highest BCUT2D eigenvalue weighted by Crippen LogP contribution is 2.29. The lowest BCUT2D eigenvalue weighted by molar-refractivity contribution is 0.0690. The van der Waals surface area contributed by atoms with E-state index in [1.807, 2.05) is 18.2 Å². The lowest BCUT2D eigenvalue weighted by Crippen LogP contribution is -2.42. The minimum atomic E-state index is -2.95. The molecule has 1 saturated heterocycles. The van der Waals surface area contributed by atoms with E-state index in [1.54, 1.807) is 30.1 Å². The molecule has 2 aromatic rings. The van der Waals surface area contributed by atoms with Crippen molar-refractivity contribution >= 4 is 27.3 Å². The fraction of sp³-hybridized carbons (Fsp3) is 0.353. The van der Waals surface area contributed by atoms with Gasteiger partial charge in [0.1, 0.15) is 15.6 Å². The van der Waals surface area contributed by atoms with E-state index < -0.39 is 9.84 Å². The molecular weight excluding hydrogens is 350 g/mol. The van der Waals surface area contributed by atoms with E-state index in [0.717, 1.165) is 5.56 Å². The Morgan fingerprint density at radius 2 is 1.83 bits per heavy atom. The molecule has 1 amide bonds. The van der Waals surface area contributed by atoms with E-state index in [0.29, 0.717) is 23.6 Å². The fourth-order valence-electron chi connectivity index (χ4n) is 2.86. The smallest absolute Gasteiger partial charge is 0.289 e. The van der Waals surface area contributed by atoms with Gasteiger partial charge in [-0.25, -0.2) is 8.42 Å². The molecule has 0 bridgehead atoms. The van der Waals surface area contributed by atoms with E-state index >= 15 is 0 Å². The zero-order chi connectivity index (χ0) is 17.3. The molecule has 1 aromatic heterocycles. The molecule has 1 fully saturated rings. The lowest BCUT2D eigenvalue weighted by Gasteiger charge is -2.30. The number of benzene rings is 1. The Morgan fingerprint density at radius 3 is 2.50 bits per heavy atom. The lowest BCUT2D eigenvalue weighted by atomic mass is 10.1. The van der Waals surface area contributed by atoms with Crippen LogP contribution >= 0.6 is 11.6 Å². The van der Waals surface area contributed by atoms with Crippen molar-refractivity contribution in [3.63, 3.8) is 0 Å². The molecule has 0 aliphatic carbocycles. The Hall–Kier alpha value is -1.79. The van der Waals surface area contributed by atoms with Gasteiger partial charge in [-0.15, -0.1) is 0 Å². The van der Waals surface area contributed by atoms with Crippen LogP contribution < -0.4 is 0 Å². The molecule has 24 heavy (non-hydrogen) atoms. The van der Waals surface area contributed by atoms with Gasteiger partial charge in [-0.05, 0) is 37.1 Å². The molecule has 128 valence electrons. The minimum Gasteiger partial charge on any atom is -0.451 e. The molecule has 0 atom stereocenters. The third kappa shape index (κ3) is 3.49. The van der Waals surface area contributed by atoms with Crippen molar-refractivity contribution in [3.05, 3.63) is 47.2 Å². The molecule has 2 heterocycles. The van der Waals surface area contributed by atoms with Crippen molar-refractivity contribution in [3.8, 4) is 11.3 Å². The van der Waals surface area contributed by atoms with Gasteiger partial charge in [0.25, 0.3) is 5.91 Å². The number of carbonyl (C=O) groups is 1. The minimum absolute atomic E-state index is 0.0881. The van der Waals surface area contributed by atoms with Crippen LogP contribution in [-0.4, -0.2) is 43.8 Å². The van der Waals surface area contributed by atoms with Crippen LogP contribution in [-0.2, 0) is 9.84 Å². The summed E-state index contributed by atoms with van der Waals surface area (Å²) in [5.41, 5.74) is 0.727. The second kappa shape index (κ2) is 6.61. The maximum absolute atomic E-state index is 12.6. The van der Waals surface area contributed by atoms with Crippen LogP contribution in [0.25, 0.3) is 11.3 Å². The summed E-state index contributed by atoms with van der Waals surface area (Å²) in [6.07, 6.45) is 0.922. The van der Waals surface area contributed by atoms with Gasteiger partial charge in [0.2, 0.25) is 0 Å². The van der Waals surface area contributed by atoms with Crippen molar-refractivity contribution in [2.45, 2.75) is 18.9 Å². The highest BCUT2D eigenvalue weighted by molar-refractivity contribution is 7.91. The summed E-state index contributed by atoms with van der Waals surface area (Å²) in [4.78, 5) is 14.2. The summed E-state index contributed by atoms with van der Waals surface area (Å²) < 4.78 is 28.7. The van der Waals surface area contributed by atoms with E-state index in [9.17, 15) is 13.2 Å². The molecule has 0 N–H and O–H groups in total. The van der Waals surface area contributed by atoms with Gasteiger partial charge in [-0.3, -0.25) is 4.79 Å². The molecule has 1 aliphatic rings. The van der Waals surface area contributed by atoms with E-state index in [1.165, 1.54) is 0 Å². The summed E-state index contributed by atoms with van der Waals surface area (Å²) in [7, 11) is -1.27. The molecule has 0 spiro atoms. The third-order valence-corrected chi connectivity index (χ3v) is 6.39. The molecule has 0 unspecified atom stereocenters. The number of carbonyl (C=O) groups excluding carboxylic acids is 1. The van der Waals surface area contributed by atoms with E-state index in [2.05, 4.69) is 0 Å². The predicted molar refractivity (Wildman–Crippen MR) is 92.9 cm³/mol. The maximum Gasteiger partial charge on any atom is 0.289 e. The zero-order valence-corrected chi connectivity index (χ0v) is 14.8. The monoisotopic (exact) mass is 367 g/mol. The van der Waals surface area contributed by atoms with Gasteiger partial charge < -0.3 is 9.32 Å². The van der Waals surface area contributed by atoms with Crippen molar-refractivity contribution in [1.82, 2.24) is 4.90 Å². The van der Waals surface area contributed by atoms with Crippen LogP contribution in [0.4, 0.5) is 0 Å². The number of hydrogen-bond acceptors (Lipinski definition) is 4. The average Bonchev–Trinajstić information content (AvgIpc) is 3.03. The normalized spacial score (nSPS) is 17.6. The van der Waals surface area contributed by atoms with Crippen molar-refractivity contribution in [2.24, 2.45) is 0 Å². The quantitative estimate of drug-likeness (QED) is 0.835. The van der Waals surface area contributed by atoms with Gasteiger partial charge in [0.05, 0.1) is 16.5 Å². The summed E-state index contributed by atoms with van der Waals surface area (Å²) >= 11 is 6.15. The van der Waals surface area contributed by atoms with Gasteiger partial charge in [-0.1, -0.05) is 23.7 Å². The van der Waals surface area contributed by atoms with Crippen LogP contribution in [0.5, 0.6) is 0 Å². The molecule has 1 aromatic carbocycles. The molecule has 7 heteroatoms. The zero-order valence-electron chi connectivity index (χ0n) is 13.2. The van der Waals surface area contributed by atoms with Crippen molar-refractivity contribution < 1.29 is 17.6 Å². The molecule has 0 radical (unpaired) electrons. The summed E-state index contributed by atoms with van der Waals surface area (Å²) in [5, 5.41) is 0.552. The number of nitrogens with zero attached hydrogens (tertiary/aromatic N) is 1. The first-order valence-electron chi connectivity index (χ1n) is 7.70. The van der Waals surface area contributed by atoms with Crippen molar-refractivity contribution in [1.29, 1.82) is 0 Å². The van der Waals surface area contributed by atoms with Crippen LogP contribution in [0, 0.1) is 0 Å². The van der Waals surface area contributed by atoms with Crippen LogP contribution in [0.3, 0.4) is 0 Å². The number of sulfone groups is 1. The van der Waals surface area contributed by atoms with Gasteiger partial charge in [0, 0.05) is 18.7 Å². The molecule has 3 rings (SSSR count). The van der Waals surface area contributed by atoms with Gasteiger partial charge in [-0.2, -0.15) is 0 Å². The number of furan rings is 1. The Morgan fingerprint density at radius 1 is 1.17 bits per heavy atom. The molecular formula is C17H18ClNO4S. The first-order chi connectivity index (χ1) is 11.4. The Labute approximate surface area is 146 Å². The van der Waals surface area contributed by atoms with E-state index in [-0.39, 0.29) is 29.2 Å². The van der Waals surface area contributed by atoms with Crippen molar-refractivity contribution in [2.75, 3.05) is 18.6 Å². The molecule has 1 aliphatic heterocycles. The molecule has 5 nitrogen and oxygen atoms in total. The van der Waals surface area contributed by atoms with Gasteiger partial charge in [0.15, 0.2) is 5.76 Å². The van der Waals surface area contributed by atoms with E-state index in [4.69, 9.17) is 16.0 Å². The largest absolute Gasteiger partial charge is 0.451 e. The van der Waals surface area contributed by atoms with Crippen LogP contribution in [0.1, 0.15) is 23.4 Å². The standard InChI is InChI=1S/C17H18ClNO4S/c1-19(12-8-10-24(21,22)11-9-12)17(20)16-7-6-15(23-16)13-4-2-3-5-14(13)18/h2-7,12H,8-11H2,1H3. The second-order valence-corrected chi connectivity index (χ2v) is 8.65. The molecule has 0 saturated carbocycles. The average molecular weight is 368 g/mol. The first kappa shape index (κ1) is 17.0. The summed E-state index contributed by atoms with van der Waals surface area (Å²) in [5.74, 6) is 0.749. The van der Waals surface area contributed by atoms with Crippen LogP contribution in [0.15, 0.2) is 40.8 Å². The number of amides is 1. The predicted octanol–water partition coefficient (Wildman–Crippen LogP) is 3.25. The Kier molecular flexibility index (Phi) is 4.69. The van der Waals surface area contributed by atoms with Crippen LogP contribution in [0.2, 0.25) is 5.02 Å². The highest BCUT2D eigenvalue weighted by atomic mass is 35.5. The highest BCUT2D eigenvalue weighted by Gasteiger charge is 2.30. The Bertz CT molecular complexity index is 845. The number of hydrogen-bond donors (Lipinski definition) is 0.